The SMILES string of the molecule is C=CC1=CC(n2ccc3cnc(Cl)nc32)CC1.CC(C)(O)O. The molecule has 0 aliphatic heterocycles. The lowest BCUT2D eigenvalue weighted by Crippen LogP contribution is -2.15. The first-order valence-electron chi connectivity index (χ1n) is 7.05. The summed E-state index contributed by atoms with van der Waals surface area (Å²) in [6.07, 6.45) is 10.1. The van der Waals surface area contributed by atoms with Gasteiger partial charge in [-0.25, -0.2) is 4.98 Å². The van der Waals surface area contributed by atoms with Gasteiger partial charge in [0.1, 0.15) is 5.65 Å². The Labute approximate surface area is 134 Å². The van der Waals surface area contributed by atoms with Gasteiger partial charge in [-0.05, 0) is 44.4 Å². The van der Waals surface area contributed by atoms with Crippen LogP contribution in [0.5, 0.6) is 0 Å². The van der Waals surface area contributed by atoms with Gasteiger partial charge >= 0.3 is 0 Å². The number of hydrogen-bond donors (Lipinski definition) is 2. The maximum Gasteiger partial charge on any atom is 0.224 e. The van der Waals surface area contributed by atoms with Gasteiger partial charge in [0.2, 0.25) is 5.28 Å². The molecule has 0 bridgehead atoms. The molecule has 1 unspecified atom stereocenters. The number of rotatable bonds is 2. The van der Waals surface area contributed by atoms with E-state index in [0.29, 0.717) is 11.3 Å². The van der Waals surface area contributed by atoms with E-state index >= 15 is 0 Å². The third-order valence-electron chi connectivity index (χ3n) is 3.18. The second-order valence-corrected chi connectivity index (χ2v) is 6.03. The molecule has 1 atom stereocenters. The number of hydrogen-bond acceptors (Lipinski definition) is 4. The van der Waals surface area contributed by atoms with Crippen LogP contribution in [0, 0.1) is 0 Å². The Hall–Kier alpha value is -1.69. The highest BCUT2D eigenvalue weighted by Crippen LogP contribution is 2.31. The average Bonchev–Trinajstić information content (AvgIpc) is 3.01. The van der Waals surface area contributed by atoms with Crippen LogP contribution in [0.3, 0.4) is 0 Å². The van der Waals surface area contributed by atoms with Crippen molar-refractivity contribution >= 4 is 22.6 Å². The number of aliphatic hydroxyl groups is 2. The zero-order valence-electron chi connectivity index (χ0n) is 12.7. The summed E-state index contributed by atoms with van der Waals surface area (Å²) in [4.78, 5) is 8.28. The van der Waals surface area contributed by atoms with Crippen LogP contribution in [0.25, 0.3) is 11.0 Å². The van der Waals surface area contributed by atoms with Gasteiger partial charge in [-0.1, -0.05) is 24.3 Å². The molecule has 0 aromatic carbocycles. The Bertz CT molecular complexity index is 695. The van der Waals surface area contributed by atoms with Crippen LogP contribution in [-0.2, 0) is 0 Å². The highest BCUT2D eigenvalue weighted by molar-refractivity contribution is 6.28. The van der Waals surface area contributed by atoms with Crippen LogP contribution >= 0.6 is 11.6 Å². The van der Waals surface area contributed by atoms with Crippen LogP contribution in [0.4, 0.5) is 0 Å². The summed E-state index contributed by atoms with van der Waals surface area (Å²) >= 11 is 5.84. The molecule has 118 valence electrons. The Kier molecular flexibility index (Phi) is 5.01. The van der Waals surface area contributed by atoms with Crippen LogP contribution in [-0.4, -0.2) is 30.5 Å². The number of aromatic nitrogens is 3. The van der Waals surface area contributed by atoms with Crippen molar-refractivity contribution in [1.82, 2.24) is 14.5 Å². The van der Waals surface area contributed by atoms with E-state index in [1.165, 1.54) is 19.4 Å². The highest BCUT2D eigenvalue weighted by atomic mass is 35.5. The molecule has 1 aliphatic carbocycles. The van der Waals surface area contributed by atoms with Crippen LogP contribution in [0.2, 0.25) is 5.28 Å². The molecule has 0 saturated carbocycles. The standard InChI is InChI=1S/C13H12ClN3.C3H8O2/c1-2-9-3-4-11(7-9)17-6-5-10-8-15-13(14)16-12(10)17;1-3(2,4)5/h2,5-8,11H,1,3-4H2;4-5H,1-2H3. The fourth-order valence-corrected chi connectivity index (χ4v) is 2.43. The van der Waals surface area contributed by atoms with Gasteiger partial charge in [0.25, 0.3) is 0 Å². The van der Waals surface area contributed by atoms with Gasteiger partial charge in [-0.2, -0.15) is 4.98 Å². The highest BCUT2D eigenvalue weighted by Gasteiger charge is 2.17. The minimum atomic E-state index is -1.50. The second-order valence-electron chi connectivity index (χ2n) is 5.69. The van der Waals surface area contributed by atoms with Gasteiger partial charge in [0, 0.05) is 17.8 Å². The molecule has 2 heterocycles. The Morgan fingerprint density at radius 1 is 1.45 bits per heavy atom. The van der Waals surface area contributed by atoms with Gasteiger partial charge in [-0.3, -0.25) is 0 Å². The van der Waals surface area contributed by atoms with E-state index in [4.69, 9.17) is 21.8 Å². The summed E-state index contributed by atoms with van der Waals surface area (Å²) in [6, 6.07) is 2.37. The lowest BCUT2D eigenvalue weighted by atomic mass is 10.2. The lowest BCUT2D eigenvalue weighted by molar-refractivity contribution is -0.127. The number of fused-ring (bicyclic) bond motifs is 1. The van der Waals surface area contributed by atoms with Gasteiger partial charge < -0.3 is 14.8 Å². The molecule has 2 N–H and O–H groups in total. The van der Waals surface area contributed by atoms with Crippen molar-refractivity contribution < 1.29 is 10.2 Å². The fourth-order valence-electron chi connectivity index (χ4n) is 2.30. The van der Waals surface area contributed by atoms with Crippen molar-refractivity contribution in [2.75, 3.05) is 0 Å². The van der Waals surface area contributed by atoms with E-state index in [9.17, 15) is 0 Å². The Balaban J connectivity index is 0.000000309. The molecule has 2 aromatic rings. The predicted molar refractivity (Wildman–Crippen MR) is 87.6 cm³/mol. The summed E-state index contributed by atoms with van der Waals surface area (Å²) in [5, 5.41) is 17.5. The summed E-state index contributed by atoms with van der Waals surface area (Å²) in [5.74, 6) is -1.50. The van der Waals surface area contributed by atoms with E-state index in [2.05, 4.69) is 27.2 Å². The zero-order valence-corrected chi connectivity index (χ0v) is 13.5. The monoisotopic (exact) mass is 321 g/mol. The summed E-state index contributed by atoms with van der Waals surface area (Å²) < 4.78 is 2.15. The molecule has 5 nitrogen and oxygen atoms in total. The molecule has 0 saturated heterocycles. The molecule has 0 fully saturated rings. The first kappa shape index (κ1) is 16.7. The third kappa shape index (κ3) is 4.40. The molecule has 3 rings (SSSR count). The summed E-state index contributed by atoms with van der Waals surface area (Å²) in [6.45, 7) is 6.41. The van der Waals surface area contributed by atoms with Crippen LogP contribution in [0.15, 0.2) is 42.8 Å². The molecule has 2 aromatic heterocycles. The quantitative estimate of drug-likeness (QED) is 0.658. The summed E-state index contributed by atoms with van der Waals surface area (Å²) in [7, 11) is 0. The third-order valence-corrected chi connectivity index (χ3v) is 3.36. The number of nitrogens with zero attached hydrogens (tertiary/aromatic N) is 3. The topological polar surface area (TPSA) is 71.2 Å². The minimum absolute atomic E-state index is 0.295. The minimum Gasteiger partial charge on any atom is -0.366 e. The zero-order chi connectivity index (χ0) is 16.3. The van der Waals surface area contributed by atoms with Gasteiger partial charge in [0.15, 0.2) is 5.79 Å². The maximum atomic E-state index is 8.08. The van der Waals surface area contributed by atoms with Crippen LogP contribution < -0.4 is 0 Å². The van der Waals surface area contributed by atoms with Crippen molar-refractivity contribution in [2.45, 2.75) is 38.5 Å². The molecule has 22 heavy (non-hydrogen) atoms. The van der Waals surface area contributed by atoms with Crippen molar-refractivity contribution in [1.29, 1.82) is 0 Å². The Morgan fingerprint density at radius 2 is 2.14 bits per heavy atom. The molecule has 0 amide bonds. The molecular formula is C16H20ClN3O2. The number of allylic oxidation sites excluding steroid dienone is 3. The Morgan fingerprint density at radius 3 is 2.73 bits per heavy atom. The van der Waals surface area contributed by atoms with E-state index in [1.807, 2.05) is 18.3 Å². The van der Waals surface area contributed by atoms with E-state index in [-0.39, 0.29) is 0 Å². The second kappa shape index (κ2) is 6.60. The van der Waals surface area contributed by atoms with Gasteiger partial charge in [-0.15, -0.1) is 0 Å². The average molecular weight is 322 g/mol. The molecule has 0 spiro atoms. The van der Waals surface area contributed by atoms with Crippen molar-refractivity contribution in [3.8, 4) is 0 Å². The van der Waals surface area contributed by atoms with Crippen molar-refractivity contribution in [2.24, 2.45) is 0 Å². The lowest BCUT2D eigenvalue weighted by Gasteiger charge is -2.10. The number of halogens is 1. The van der Waals surface area contributed by atoms with Gasteiger partial charge in [0.05, 0.1) is 6.04 Å². The normalized spacial score (nSPS) is 17.9. The first-order valence-corrected chi connectivity index (χ1v) is 7.42. The molecule has 0 radical (unpaired) electrons. The fraction of sp³-hybridized carbons (Fsp3) is 0.375. The van der Waals surface area contributed by atoms with E-state index in [0.717, 1.165) is 23.9 Å². The van der Waals surface area contributed by atoms with Crippen LogP contribution in [0.1, 0.15) is 32.7 Å². The largest absolute Gasteiger partial charge is 0.366 e. The van der Waals surface area contributed by atoms with E-state index < -0.39 is 5.79 Å². The smallest absolute Gasteiger partial charge is 0.224 e. The molecule has 6 heteroatoms. The predicted octanol–water partition coefficient (Wildman–Crippen LogP) is 3.24. The van der Waals surface area contributed by atoms with E-state index in [1.54, 1.807) is 6.20 Å². The summed E-state index contributed by atoms with van der Waals surface area (Å²) in [5.41, 5.74) is 2.20. The molecule has 1 aliphatic rings. The first-order chi connectivity index (χ1) is 10.3. The van der Waals surface area contributed by atoms with Crippen molar-refractivity contribution in [3.05, 3.63) is 48.0 Å². The van der Waals surface area contributed by atoms with Crippen molar-refractivity contribution in [3.63, 3.8) is 0 Å². The maximum absolute atomic E-state index is 8.08. The molecular weight excluding hydrogens is 302 g/mol.